The first-order valence-corrected chi connectivity index (χ1v) is 5.63. The highest BCUT2D eigenvalue weighted by atomic mass is 35.5. The number of alkyl halides is 2. The summed E-state index contributed by atoms with van der Waals surface area (Å²) in [6.07, 6.45) is 0.903. The molecule has 0 atom stereocenters. The molecular weight excluding hydrogens is 273 g/mol. The number of carbonyl (C=O) groups excluding carboxylic acids is 1. The van der Waals surface area contributed by atoms with Gasteiger partial charge in [0.25, 0.3) is 11.8 Å². The van der Waals surface area contributed by atoms with Crippen molar-refractivity contribution in [1.29, 1.82) is 0 Å². The van der Waals surface area contributed by atoms with Gasteiger partial charge in [-0.15, -0.1) is 0 Å². The molecule has 2 rings (SSSR count). The zero-order chi connectivity index (χ0) is 12.6. The number of nitrogens with zero attached hydrogens (tertiary/aromatic N) is 2. The Morgan fingerprint density at radius 1 is 1.47 bits per heavy atom. The van der Waals surface area contributed by atoms with Gasteiger partial charge in [0.15, 0.2) is 0 Å². The number of aromatic nitrogens is 1. The smallest absolute Gasteiger partial charge is 0.267 e. The molecule has 0 saturated carbocycles. The lowest BCUT2D eigenvalue weighted by Crippen LogP contribution is -2.31. The number of amides is 1. The summed E-state index contributed by atoms with van der Waals surface area (Å²) in [5.41, 5.74) is 0.101. The highest BCUT2D eigenvalue weighted by molar-refractivity contribution is 6.35. The Hall–Kier alpha value is -0.940. The fourth-order valence-corrected chi connectivity index (χ4v) is 2.00. The first-order valence-electron chi connectivity index (χ1n) is 4.87. The van der Waals surface area contributed by atoms with Crippen LogP contribution in [0.4, 0.5) is 8.78 Å². The number of halogens is 4. The predicted molar refractivity (Wildman–Crippen MR) is 59.7 cm³/mol. The molecule has 0 spiro atoms. The zero-order valence-corrected chi connectivity index (χ0v) is 10.1. The molecule has 3 nitrogen and oxygen atoms in total. The van der Waals surface area contributed by atoms with Crippen molar-refractivity contribution in [3.05, 3.63) is 28.0 Å². The van der Waals surface area contributed by atoms with Crippen LogP contribution in [0.15, 0.2) is 12.3 Å². The summed E-state index contributed by atoms with van der Waals surface area (Å²) in [7, 11) is 0. The molecule has 0 aromatic carbocycles. The molecule has 1 aromatic rings. The minimum atomic E-state index is -2.82. The third-order valence-electron chi connectivity index (χ3n) is 2.51. The van der Waals surface area contributed by atoms with Crippen molar-refractivity contribution in [3.8, 4) is 0 Å². The van der Waals surface area contributed by atoms with Crippen LogP contribution < -0.4 is 0 Å². The van der Waals surface area contributed by atoms with Gasteiger partial charge < -0.3 is 4.90 Å². The van der Waals surface area contributed by atoms with E-state index in [0.29, 0.717) is 0 Å². The van der Waals surface area contributed by atoms with Gasteiger partial charge in [-0.05, 0) is 6.07 Å². The van der Waals surface area contributed by atoms with Gasteiger partial charge in [0, 0.05) is 19.2 Å². The molecule has 1 fully saturated rings. The Balaban J connectivity index is 2.23. The SMILES string of the molecule is O=C(c1cc(Cl)ncc1Cl)N1CCC(F)(F)C1. The molecule has 0 aliphatic carbocycles. The van der Waals surface area contributed by atoms with Gasteiger partial charge in [0.05, 0.1) is 17.1 Å². The van der Waals surface area contributed by atoms with E-state index in [1.165, 1.54) is 12.3 Å². The standard InChI is InChI=1S/C10H8Cl2F2N2O/c11-7-4-15-8(12)3-6(7)9(17)16-2-1-10(13,14)5-16/h3-4H,1-2,5H2. The van der Waals surface area contributed by atoms with E-state index in [4.69, 9.17) is 23.2 Å². The lowest BCUT2D eigenvalue weighted by molar-refractivity contribution is 0.0120. The van der Waals surface area contributed by atoms with Crippen LogP contribution in [-0.4, -0.2) is 34.8 Å². The molecule has 0 unspecified atom stereocenters. The maximum Gasteiger partial charge on any atom is 0.267 e. The molecule has 1 saturated heterocycles. The minimum Gasteiger partial charge on any atom is -0.332 e. The van der Waals surface area contributed by atoms with Crippen LogP contribution in [0.5, 0.6) is 0 Å². The van der Waals surface area contributed by atoms with Gasteiger partial charge in [-0.1, -0.05) is 23.2 Å². The molecule has 17 heavy (non-hydrogen) atoms. The summed E-state index contributed by atoms with van der Waals surface area (Å²) >= 11 is 11.4. The highest BCUT2D eigenvalue weighted by Gasteiger charge is 2.40. The Kier molecular flexibility index (Phi) is 3.23. The van der Waals surface area contributed by atoms with Crippen LogP contribution in [0.25, 0.3) is 0 Å². The average Bonchev–Trinajstić information content (AvgIpc) is 2.61. The summed E-state index contributed by atoms with van der Waals surface area (Å²) in [4.78, 5) is 16.7. The number of pyridine rings is 1. The molecular formula is C10H8Cl2F2N2O. The summed E-state index contributed by atoms with van der Waals surface area (Å²) in [5, 5.41) is 0.207. The van der Waals surface area contributed by atoms with Gasteiger partial charge in [0.1, 0.15) is 5.15 Å². The van der Waals surface area contributed by atoms with Crippen molar-refractivity contribution in [2.24, 2.45) is 0 Å². The first kappa shape index (κ1) is 12.5. The molecule has 1 aromatic heterocycles. The van der Waals surface area contributed by atoms with Gasteiger partial charge in [0.2, 0.25) is 0 Å². The lowest BCUT2D eigenvalue weighted by Gasteiger charge is -2.16. The van der Waals surface area contributed by atoms with E-state index in [2.05, 4.69) is 4.98 Å². The average molecular weight is 281 g/mol. The summed E-state index contributed by atoms with van der Waals surface area (Å²) in [5.74, 6) is -3.37. The second kappa shape index (κ2) is 4.38. The van der Waals surface area contributed by atoms with E-state index in [9.17, 15) is 13.6 Å². The number of hydrogen-bond acceptors (Lipinski definition) is 2. The van der Waals surface area contributed by atoms with E-state index < -0.39 is 18.4 Å². The largest absolute Gasteiger partial charge is 0.332 e. The van der Waals surface area contributed by atoms with E-state index >= 15 is 0 Å². The fraction of sp³-hybridized carbons (Fsp3) is 0.400. The maximum absolute atomic E-state index is 13.0. The second-order valence-corrected chi connectivity index (χ2v) is 4.61. The molecule has 0 N–H and O–H groups in total. The van der Waals surface area contributed by atoms with E-state index in [0.717, 1.165) is 4.90 Å². The Morgan fingerprint density at radius 3 is 2.76 bits per heavy atom. The number of carbonyl (C=O) groups is 1. The normalized spacial score (nSPS) is 18.5. The minimum absolute atomic E-state index is 0.0160. The second-order valence-electron chi connectivity index (χ2n) is 3.82. The van der Waals surface area contributed by atoms with Crippen LogP contribution in [0.3, 0.4) is 0 Å². The molecule has 7 heteroatoms. The van der Waals surface area contributed by atoms with E-state index in [1.807, 2.05) is 0 Å². The summed E-state index contributed by atoms with van der Waals surface area (Å²) in [6.45, 7) is -0.565. The topological polar surface area (TPSA) is 33.2 Å². The third kappa shape index (κ3) is 2.66. The van der Waals surface area contributed by atoms with Crippen LogP contribution in [0, 0.1) is 0 Å². The molecule has 1 aliphatic rings. The monoisotopic (exact) mass is 280 g/mol. The Labute approximate surface area is 106 Å². The van der Waals surface area contributed by atoms with Crippen molar-refractivity contribution in [2.45, 2.75) is 12.3 Å². The molecule has 0 radical (unpaired) electrons. The maximum atomic E-state index is 13.0. The van der Waals surface area contributed by atoms with Crippen molar-refractivity contribution < 1.29 is 13.6 Å². The summed E-state index contributed by atoms with van der Waals surface area (Å²) < 4.78 is 26.0. The third-order valence-corrected chi connectivity index (χ3v) is 3.02. The number of rotatable bonds is 1. The molecule has 2 heterocycles. The van der Waals surface area contributed by atoms with Crippen molar-refractivity contribution in [3.63, 3.8) is 0 Å². The first-order chi connectivity index (χ1) is 7.89. The van der Waals surface area contributed by atoms with Crippen LogP contribution in [0.1, 0.15) is 16.8 Å². The molecule has 1 aliphatic heterocycles. The van der Waals surface area contributed by atoms with Gasteiger partial charge in [-0.25, -0.2) is 13.8 Å². The van der Waals surface area contributed by atoms with Gasteiger partial charge in [-0.2, -0.15) is 0 Å². The van der Waals surface area contributed by atoms with Gasteiger partial charge in [-0.3, -0.25) is 4.79 Å². The van der Waals surface area contributed by atoms with Crippen LogP contribution in [-0.2, 0) is 0 Å². The lowest BCUT2D eigenvalue weighted by atomic mass is 10.2. The van der Waals surface area contributed by atoms with Crippen molar-refractivity contribution in [1.82, 2.24) is 9.88 Å². The Bertz CT molecular complexity index is 468. The number of likely N-dealkylation sites (tertiary alicyclic amines) is 1. The molecule has 92 valence electrons. The van der Waals surface area contributed by atoms with E-state index in [1.54, 1.807) is 0 Å². The van der Waals surface area contributed by atoms with Gasteiger partial charge >= 0.3 is 0 Å². The predicted octanol–water partition coefficient (Wildman–Crippen LogP) is 2.87. The molecule has 1 amide bonds. The molecule has 0 bridgehead atoms. The van der Waals surface area contributed by atoms with Crippen LogP contribution >= 0.6 is 23.2 Å². The summed E-state index contributed by atoms with van der Waals surface area (Å²) in [6, 6.07) is 1.28. The van der Waals surface area contributed by atoms with E-state index in [-0.39, 0.29) is 28.7 Å². The highest BCUT2D eigenvalue weighted by Crippen LogP contribution is 2.29. The number of hydrogen-bond donors (Lipinski definition) is 0. The zero-order valence-electron chi connectivity index (χ0n) is 8.59. The van der Waals surface area contributed by atoms with Crippen molar-refractivity contribution >= 4 is 29.1 Å². The quantitative estimate of drug-likeness (QED) is 0.741. The van der Waals surface area contributed by atoms with Crippen LogP contribution in [0.2, 0.25) is 10.2 Å². The fourth-order valence-electron chi connectivity index (χ4n) is 1.66. The Morgan fingerprint density at radius 2 is 2.18 bits per heavy atom. The van der Waals surface area contributed by atoms with Crippen molar-refractivity contribution in [2.75, 3.05) is 13.1 Å².